The maximum absolute atomic E-state index is 13.2. The molecule has 0 aromatic heterocycles. The molecule has 1 aromatic rings. The minimum Gasteiger partial charge on any atom is -0.369 e. The van der Waals surface area contributed by atoms with E-state index in [4.69, 9.17) is 0 Å². The van der Waals surface area contributed by atoms with E-state index < -0.39 is 6.04 Å². The van der Waals surface area contributed by atoms with E-state index in [2.05, 4.69) is 22.1 Å². The second-order valence-electron chi connectivity index (χ2n) is 6.50. The number of nitrogens with zero attached hydrogens (tertiary/aromatic N) is 2. The second-order valence-corrected chi connectivity index (χ2v) is 6.50. The van der Waals surface area contributed by atoms with Gasteiger partial charge in [0.15, 0.2) is 0 Å². The molecule has 1 aromatic carbocycles. The summed E-state index contributed by atoms with van der Waals surface area (Å²) in [6, 6.07) is 5.03. The molecular formula is C20H28N4O3. The van der Waals surface area contributed by atoms with Gasteiger partial charge in [-0.3, -0.25) is 9.59 Å². The van der Waals surface area contributed by atoms with E-state index in [0.717, 1.165) is 43.7 Å². The van der Waals surface area contributed by atoms with Crippen LogP contribution in [-0.2, 0) is 9.59 Å². The first-order chi connectivity index (χ1) is 13.0. The van der Waals surface area contributed by atoms with E-state index >= 15 is 0 Å². The number of hydrogen-bond acceptors (Lipinski definition) is 5. The van der Waals surface area contributed by atoms with Gasteiger partial charge in [-0.2, -0.15) is 0 Å². The topological polar surface area (TPSA) is 81.8 Å². The number of benzene rings is 1. The van der Waals surface area contributed by atoms with Crippen LogP contribution in [0.5, 0.6) is 0 Å². The van der Waals surface area contributed by atoms with Crippen LogP contribution in [0.3, 0.4) is 0 Å². The fourth-order valence-electron chi connectivity index (χ4n) is 3.25. The molecule has 146 valence electrons. The van der Waals surface area contributed by atoms with Crippen molar-refractivity contribution in [2.24, 2.45) is 0 Å². The molecule has 1 fully saturated rings. The van der Waals surface area contributed by atoms with Crippen molar-refractivity contribution in [3.63, 3.8) is 0 Å². The smallest absolute Gasteiger partial charge is 0.254 e. The van der Waals surface area contributed by atoms with Gasteiger partial charge < -0.3 is 25.2 Å². The monoisotopic (exact) mass is 372 g/mol. The number of rotatable bonds is 8. The molecule has 1 saturated heterocycles. The zero-order valence-electron chi connectivity index (χ0n) is 16.0. The van der Waals surface area contributed by atoms with Gasteiger partial charge in [0.1, 0.15) is 12.3 Å². The molecular weight excluding hydrogens is 344 g/mol. The van der Waals surface area contributed by atoms with E-state index in [1.165, 1.54) is 11.9 Å². The maximum Gasteiger partial charge on any atom is 0.254 e. The third kappa shape index (κ3) is 4.95. The van der Waals surface area contributed by atoms with Gasteiger partial charge in [-0.25, -0.2) is 0 Å². The first-order valence-electron chi connectivity index (χ1n) is 9.18. The number of hydrogen-bond donors (Lipinski definition) is 2. The van der Waals surface area contributed by atoms with Crippen molar-refractivity contribution in [1.82, 2.24) is 15.5 Å². The van der Waals surface area contributed by atoms with Gasteiger partial charge in [0, 0.05) is 57.9 Å². The average molecular weight is 372 g/mol. The van der Waals surface area contributed by atoms with Crippen molar-refractivity contribution in [3.05, 3.63) is 35.9 Å². The van der Waals surface area contributed by atoms with Crippen LogP contribution in [0.4, 0.5) is 5.69 Å². The molecule has 1 aliphatic rings. The van der Waals surface area contributed by atoms with Crippen LogP contribution >= 0.6 is 0 Å². The third-order valence-corrected chi connectivity index (χ3v) is 4.86. The summed E-state index contributed by atoms with van der Waals surface area (Å²) in [5, 5.41) is 5.88. The van der Waals surface area contributed by atoms with Crippen molar-refractivity contribution in [3.8, 4) is 0 Å². The first kappa shape index (κ1) is 20.6. The normalized spacial score (nSPS) is 15.0. The first-order valence-corrected chi connectivity index (χ1v) is 9.18. The summed E-state index contributed by atoms with van der Waals surface area (Å²) >= 11 is 0. The summed E-state index contributed by atoms with van der Waals surface area (Å²) in [5.74, 6) is -0.549. The zero-order chi connectivity index (χ0) is 19.8. The maximum atomic E-state index is 13.2. The minimum absolute atomic E-state index is 0.213. The van der Waals surface area contributed by atoms with E-state index in [-0.39, 0.29) is 24.7 Å². The standard InChI is InChI=1S/C20H28N4O3/c1-4-15-7-8-16(24-11-9-22-10-12-24)14-17(15)20(27)23(3)18(6-5-13-25)19(26)21-2/h4,7-8,13-14,18,22H,1,5-6,9-12H2,2-3H3,(H,21,26). The van der Waals surface area contributed by atoms with Crippen LogP contribution in [-0.4, -0.2) is 69.3 Å². The Labute approximate surface area is 160 Å². The molecule has 0 radical (unpaired) electrons. The van der Waals surface area contributed by atoms with Gasteiger partial charge >= 0.3 is 0 Å². The van der Waals surface area contributed by atoms with Crippen molar-refractivity contribution >= 4 is 29.9 Å². The molecule has 7 heteroatoms. The molecule has 1 heterocycles. The van der Waals surface area contributed by atoms with Crippen LogP contribution in [0.25, 0.3) is 6.08 Å². The van der Waals surface area contributed by atoms with Crippen LogP contribution in [0.2, 0.25) is 0 Å². The molecule has 27 heavy (non-hydrogen) atoms. The number of aldehydes is 1. The highest BCUT2D eigenvalue weighted by Gasteiger charge is 2.28. The van der Waals surface area contributed by atoms with E-state index in [1.807, 2.05) is 18.2 Å². The lowest BCUT2D eigenvalue weighted by atomic mass is 10.0. The average Bonchev–Trinajstić information content (AvgIpc) is 2.73. The van der Waals surface area contributed by atoms with Gasteiger partial charge in [-0.15, -0.1) is 0 Å². The van der Waals surface area contributed by atoms with Gasteiger partial charge in [0.25, 0.3) is 5.91 Å². The number of carbonyl (C=O) groups excluding carboxylic acids is 3. The lowest BCUT2D eigenvalue weighted by Gasteiger charge is -2.31. The Morgan fingerprint density at radius 3 is 2.67 bits per heavy atom. The quantitative estimate of drug-likeness (QED) is 0.663. The van der Waals surface area contributed by atoms with Crippen molar-refractivity contribution in [2.75, 3.05) is 45.2 Å². The Balaban J connectivity index is 2.32. The van der Waals surface area contributed by atoms with Gasteiger partial charge in [-0.05, 0) is 24.1 Å². The minimum atomic E-state index is -0.701. The Bertz CT molecular complexity index is 698. The summed E-state index contributed by atoms with van der Waals surface area (Å²) in [4.78, 5) is 39.7. The van der Waals surface area contributed by atoms with Gasteiger partial charge in [0.2, 0.25) is 5.91 Å². The van der Waals surface area contributed by atoms with Crippen LogP contribution < -0.4 is 15.5 Å². The molecule has 2 N–H and O–H groups in total. The fraction of sp³-hybridized carbons (Fsp3) is 0.450. The second kappa shape index (κ2) is 9.87. The molecule has 0 saturated carbocycles. The summed E-state index contributed by atoms with van der Waals surface area (Å²) in [6.45, 7) is 7.34. The highest BCUT2D eigenvalue weighted by molar-refractivity contribution is 6.01. The van der Waals surface area contributed by atoms with Crippen molar-refractivity contribution in [1.29, 1.82) is 0 Å². The molecule has 2 amide bonds. The molecule has 1 aliphatic heterocycles. The summed E-state index contributed by atoms with van der Waals surface area (Å²) in [7, 11) is 3.12. The van der Waals surface area contributed by atoms with Crippen molar-refractivity contribution in [2.45, 2.75) is 18.9 Å². The lowest BCUT2D eigenvalue weighted by Crippen LogP contribution is -2.47. The van der Waals surface area contributed by atoms with E-state index in [0.29, 0.717) is 5.56 Å². The number of nitrogens with one attached hydrogen (secondary N) is 2. The lowest BCUT2D eigenvalue weighted by molar-refractivity contribution is -0.125. The van der Waals surface area contributed by atoms with Crippen LogP contribution in [0.15, 0.2) is 24.8 Å². The Kier molecular flexibility index (Phi) is 7.55. The van der Waals surface area contributed by atoms with Crippen LogP contribution in [0.1, 0.15) is 28.8 Å². The van der Waals surface area contributed by atoms with E-state index in [1.54, 1.807) is 13.1 Å². The number of amides is 2. The van der Waals surface area contributed by atoms with Gasteiger partial charge in [-0.1, -0.05) is 18.7 Å². The van der Waals surface area contributed by atoms with Crippen LogP contribution in [0, 0.1) is 0 Å². The van der Waals surface area contributed by atoms with E-state index in [9.17, 15) is 14.4 Å². The molecule has 0 spiro atoms. The molecule has 7 nitrogen and oxygen atoms in total. The molecule has 0 aliphatic carbocycles. The SMILES string of the molecule is C=Cc1ccc(N2CCNCC2)cc1C(=O)N(C)C(CCC=O)C(=O)NC. The predicted octanol–water partition coefficient (Wildman–Crippen LogP) is 0.905. The highest BCUT2D eigenvalue weighted by atomic mass is 16.2. The highest BCUT2D eigenvalue weighted by Crippen LogP contribution is 2.23. The molecule has 0 bridgehead atoms. The summed E-state index contributed by atoms with van der Waals surface area (Å²) in [5.41, 5.74) is 2.20. The van der Waals surface area contributed by atoms with Gasteiger partial charge in [0.05, 0.1) is 0 Å². The largest absolute Gasteiger partial charge is 0.369 e. The number of carbonyl (C=O) groups is 3. The summed E-state index contributed by atoms with van der Waals surface area (Å²) in [6.07, 6.45) is 2.90. The number of piperazine rings is 1. The third-order valence-electron chi connectivity index (χ3n) is 4.86. The molecule has 1 atom stereocenters. The summed E-state index contributed by atoms with van der Waals surface area (Å²) < 4.78 is 0. The Hall–Kier alpha value is -2.67. The Morgan fingerprint density at radius 1 is 1.37 bits per heavy atom. The number of likely N-dealkylation sites (N-methyl/N-ethyl adjacent to an activating group) is 2. The molecule has 1 unspecified atom stereocenters. The van der Waals surface area contributed by atoms with Crippen molar-refractivity contribution < 1.29 is 14.4 Å². The predicted molar refractivity (Wildman–Crippen MR) is 107 cm³/mol. The molecule has 2 rings (SSSR count). The fourth-order valence-corrected chi connectivity index (χ4v) is 3.25. The zero-order valence-corrected chi connectivity index (χ0v) is 16.0. The Morgan fingerprint density at radius 2 is 2.07 bits per heavy atom. The number of anilines is 1.